The summed E-state index contributed by atoms with van der Waals surface area (Å²) in [5.41, 5.74) is 24.0. The summed E-state index contributed by atoms with van der Waals surface area (Å²) in [5, 5.41) is 3.50. The highest BCUT2D eigenvalue weighted by Crippen LogP contribution is 2.58. The van der Waals surface area contributed by atoms with Gasteiger partial charge in [-0.25, -0.2) is 0 Å². The van der Waals surface area contributed by atoms with Gasteiger partial charge in [-0.15, -0.1) is 11.3 Å². The lowest BCUT2D eigenvalue weighted by molar-refractivity contribution is 0.590. The molecule has 348 valence electrons. The van der Waals surface area contributed by atoms with Crippen LogP contribution in [0.5, 0.6) is 0 Å². The van der Waals surface area contributed by atoms with Crippen molar-refractivity contribution in [1.29, 1.82) is 0 Å². The number of fused-ring (bicyclic) bond motifs is 13. The summed E-state index contributed by atoms with van der Waals surface area (Å²) in [6, 6.07) is 71.0. The molecule has 4 heterocycles. The topological polar surface area (TPSA) is 19.6 Å². The van der Waals surface area contributed by atoms with Gasteiger partial charge in [0.25, 0.3) is 0 Å². The van der Waals surface area contributed by atoms with Crippen molar-refractivity contribution < 1.29 is 4.42 Å². The number of anilines is 5. The molecule has 0 saturated heterocycles. The average Bonchev–Trinajstić information content (AvgIpc) is 4.03. The van der Waals surface area contributed by atoms with Gasteiger partial charge >= 0.3 is 6.85 Å². The average molecular weight is 947 g/mol. The van der Waals surface area contributed by atoms with Crippen LogP contribution in [0.25, 0.3) is 76.5 Å². The SMILES string of the molecule is CC(C)(C)c1ccc(N2B3c4sc5cc(-c6ccccc6)ccc5c4N(c4ccc(C(C)(C)C)cc4-c4ccccc4)c4cc5c(oc6ccccc65)c(c43)-c3cc4c(cc32)C(C)(C)c2ccccc2-4)cc1. The standard InChI is InChI=1S/C67H55BN2OS/c1-65(2,3)43-28-31-45(32-29-43)70-56-39-54-50(46-23-15-17-25-53(46)67(54,7)8)37-52(56)60-61-57(38-51-47-24-16-18-26-58(47)71-63(51)60)69(55-34-30-44(66(4,5)6)36-49(55)41-21-13-10-14-22-41)62-48-33-27-42(40-19-11-9-12-20-40)35-59(48)72-64(62)68(61)70/h9-39H,1-8H3. The summed E-state index contributed by atoms with van der Waals surface area (Å²) in [6.45, 7) is 18.5. The minimum atomic E-state index is -0.202. The van der Waals surface area contributed by atoms with Crippen LogP contribution in [0.3, 0.4) is 0 Å². The van der Waals surface area contributed by atoms with Crippen molar-refractivity contribution in [1.82, 2.24) is 0 Å². The number of para-hydroxylation sites is 1. The lowest BCUT2D eigenvalue weighted by Crippen LogP contribution is -2.60. The first-order valence-electron chi connectivity index (χ1n) is 25.5. The molecule has 9 aromatic carbocycles. The molecule has 3 nitrogen and oxygen atoms in total. The summed E-state index contributed by atoms with van der Waals surface area (Å²) in [4.78, 5) is 5.35. The van der Waals surface area contributed by atoms with E-state index in [4.69, 9.17) is 4.42 Å². The van der Waals surface area contributed by atoms with E-state index in [0.717, 1.165) is 27.6 Å². The maximum Gasteiger partial charge on any atom is 0.343 e. The summed E-state index contributed by atoms with van der Waals surface area (Å²) in [5.74, 6) is 0. The maximum atomic E-state index is 7.27. The smallest absolute Gasteiger partial charge is 0.343 e. The van der Waals surface area contributed by atoms with Crippen molar-refractivity contribution in [3.05, 3.63) is 210 Å². The Hall–Kier alpha value is -7.60. The number of rotatable bonds is 4. The fourth-order valence-corrected chi connectivity index (χ4v) is 13.7. The van der Waals surface area contributed by atoms with Gasteiger partial charge in [-0.05, 0) is 121 Å². The van der Waals surface area contributed by atoms with E-state index in [9.17, 15) is 0 Å². The molecular formula is C67H55BN2OS. The van der Waals surface area contributed by atoms with Crippen LogP contribution in [-0.2, 0) is 16.2 Å². The Morgan fingerprint density at radius 1 is 0.486 bits per heavy atom. The van der Waals surface area contributed by atoms with E-state index in [1.807, 2.05) is 11.3 Å². The zero-order chi connectivity index (χ0) is 49.0. The van der Waals surface area contributed by atoms with Crippen LogP contribution in [-0.4, -0.2) is 6.85 Å². The Balaban J connectivity index is 1.17. The molecule has 0 saturated carbocycles. The second-order valence-electron chi connectivity index (χ2n) is 22.9. The summed E-state index contributed by atoms with van der Waals surface area (Å²) < 4.78 is 9.85. The van der Waals surface area contributed by atoms with Crippen molar-refractivity contribution in [3.63, 3.8) is 0 Å². The van der Waals surface area contributed by atoms with Crippen LogP contribution in [0.4, 0.5) is 28.4 Å². The maximum absolute atomic E-state index is 7.27. The minimum absolute atomic E-state index is 0.00106. The van der Waals surface area contributed by atoms with Gasteiger partial charge in [0.1, 0.15) is 11.2 Å². The summed E-state index contributed by atoms with van der Waals surface area (Å²) >= 11 is 1.95. The molecule has 1 aliphatic carbocycles. The van der Waals surface area contributed by atoms with Crippen LogP contribution >= 0.6 is 11.3 Å². The van der Waals surface area contributed by atoms with E-state index in [2.05, 4.69) is 253 Å². The molecule has 2 aliphatic heterocycles. The van der Waals surface area contributed by atoms with Crippen LogP contribution in [0, 0.1) is 0 Å². The molecule has 0 amide bonds. The van der Waals surface area contributed by atoms with E-state index < -0.39 is 0 Å². The Kier molecular flexibility index (Phi) is 9.13. The Morgan fingerprint density at radius 3 is 1.92 bits per heavy atom. The van der Waals surface area contributed by atoms with Crippen LogP contribution in [0.15, 0.2) is 192 Å². The highest BCUT2D eigenvalue weighted by Gasteiger charge is 2.50. The van der Waals surface area contributed by atoms with Gasteiger partial charge in [0.15, 0.2) is 0 Å². The lowest BCUT2D eigenvalue weighted by atomic mass is 9.46. The Bertz CT molecular complexity index is 4040. The van der Waals surface area contributed by atoms with Crippen LogP contribution in [0.2, 0.25) is 0 Å². The first kappa shape index (κ1) is 43.2. The van der Waals surface area contributed by atoms with Gasteiger partial charge in [0, 0.05) is 64.8 Å². The fourth-order valence-electron chi connectivity index (χ4n) is 12.4. The molecule has 0 spiro atoms. The van der Waals surface area contributed by atoms with Gasteiger partial charge < -0.3 is 14.1 Å². The largest absolute Gasteiger partial charge is 0.455 e. The van der Waals surface area contributed by atoms with Gasteiger partial charge in [-0.2, -0.15) is 0 Å². The predicted molar refractivity (Wildman–Crippen MR) is 309 cm³/mol. The molecule has 3 aliphatic rings. The summed E-state index contributed by atoms with van der Waals surface area (Å²) in [6.07, 6.45) is 0. The number of hydrogen-bond donors (Lipinski definition) is 0. The molecule has 2 aromatic heterocycles. The van der Waals surface area contributed by atoms with Crippen LogP contribution < -0.4 is 20.0 Å². The number of thiophene rings is 1. The second-order valence-corrected chi connectivity index (χ2v) is 24.0. The zero-order valence-corrected chi connectivity index (χ0v) is 43.0. The molecular weight excluding hydrogens is 892 g/mol. The predicted octanol–water partition coefficient (Wildman–Crippen LogP) is 17.7. The van der Waals surface area contributed by atoms with Crippen molar-refractivity contribution in [2.45, 2.75) is 71.6 Å². The molecule has 0 fully saturated rings. The van der Waals surface area contributed by atoms with Crippen molar-refractivity contribution in [2.24, 2.45) is 0 Å². The van der Waals surface area contributed by atoms with E-state index in [0.29, 0.717) is 0 Å². The third-order valence-corrected chi connectivity index (χ3v) is 17.4. The molecule has 0 unspecified atom stereocenters. The number of benzene rings is 9. The quantitative estimate of drug-likeness (QED) is 0.164. The summed E-state index contributed by atoms with van der Waals surface area (Å²) in [7, 11) is 0. The third-order valence-electron chi connectivity index (χ3n) is 16.2. The van der Waals surface area contributed by atoms with Crippen molar-refractivity contribution in [2.75, 3.05) is 9.71 Å². The molecule has 11 aromatic rings. The normalized spacial score (nSPS) is 14.4. The lowest BCUT2D eigenvalue weighted by Gasteiger charge is -2.45. The molecule has 72 heavy (non-hydrogen) atoms. The molecule has 5 heteroatoms. The minimum Gasteiger partial charge on any atom is -0.455 e. The monoisotopic (exact) mass is 946 g/mol. The van der Waals surface area contributed by atoms with Gasteiger partial charge in [-0.1, -0.05) is 189 Å². The van der Waals surface area contributed by atoms with E-state index in [1.54, 1.807) is 0 Å². The molecule has 0 radical (unpaired) electrons. The van der Waals surface area contributed by atoms with Crippen molar-refractivity contribution >= 4 is 88.9 Å². The fraction of sp³-hybridized carbons (Fsp3) is 0.164. The number of furan rings is 1. The van der Waals surface area contributed by atoms with E-state index >= 15 is 0 Å². The van der Waals surface area contributed by atoms with E-state index in [1.165, 1.54) is 110 Å². The molecule has 0 N–H and O–H groups in total. The molecule has 14 rings (SSSR count). The molecule has 0 bridgehead atoms. The van der Waals surface area contributed by atoms with Gasteiger partial charge in [-0.3, -0.25) is 0 Å². The van der Waals surface area contributed by atoms with Gasteiger partial charge in [0.05, 0.1) is 11.4 Å². The van der Waals surface area contributed by atoms with Crippen LogP contribution in [0.1, 0.15) is 77.6 Å². The number of nitrogens with zero attached hydrogens (tertiary/aromatic N) is 2. The van der Waals surface area contributed by atoms with Gasteiger partial charge in [0.2, 0.25) is 0 Å². The highest BCUT2D eigenvalue weighted by molar-refractivity contribution is 7.32. The first-order valence-corrected chi connectivity index (χ1v) is 26.3. The molecule has 0 atom stereocenters. The zero-order valence-electron chi connectivity index (χ0n) is 42.2. The van der Waals surface area contributed by atoms with E-state index in [-0.39, 0.29) is 23.1 Å². The highest BCUT2D eigenvalue weighted by atomic mass is 32.1. The number of hydrogen-bond acceptors (Lipinski definition) is 4. The Labute approximate surface area is 427 Å². The third kappa shape index (κ3) is 6.23. The Morgan fingerprint density at radius 2 is 1.17 bits per heavy atom. The van der Waals surface area contributed by atoms with Crippen molar-refractivity contribution in [3.8, 4) is 44.5 Å². The second kappa shape index (κ2) is 15.2. The first-order chi connectivity index (χ1) is 34.7.